The molecule has 0 fully saturated rings. The molecule has 1 N–H and O–H groups in total. The minimum Gasteiger partial charge on any atom is -0.347 e. The van der Waals surface area contributed by atoms with E-state index in [1.807, 2.05) is 30.3 Å². The van der Waals surface area contributed by atoms with Crippen molar-refractivity contribution in [3.8, 4) is 0 Å². The molecule has 0 aliphatic heterocycles. The van der Waals surface area contributed by atoms with E-state index in [2.05, 4.69) is 27.8 Å². The minimum atomic E-state index is -0.0539. The summed E-state index contributed by atoms with van der Waals surface area (Å²) in [6.07, 6.45) is 0. The van der Waals surface area contributed by atoms with Gasteiger partial charge in [0.2, 0.25) is 0 Å². The molecule has 0 unspecified atom stereocenters. The van der Waals surface area contributed by atoms with Crippen LogP contribution in [0.1, 0.15) is 9.67 Å². The first-order valence-corrected chi connectivity index (χ1v) is 6.38. The average Bonchev–Trinajstić information content (AvgIpc) is 2.69. The number of carbonyl (C=O) groups excluding carboxylic acids is 1. The van der Waals surface area contributed by atoms with Gasteiger partial charge in [0.15, 0.2) is 0 Å². The first-order chi connectivity index (χ1) is 7.66. The van der Waals surface area contributed by atoms with E-state index in [9.17, 15) is 4.79 Å². The first-order valence-electron chi connectivity index (χ1n) is 4.77. The van der Waals surface area contributed by atoms with Crippen molar-refractivity contribution < 1.29 is 4.79 Å². The maximum atomic E-state index is 11.8. The van der Waals surface area contributed by atoms with Gasteiger partial charge >= 0.3 is 0 Å². The van der Waals surface area contributed by atoms with Gasteiger partial charge in [0, 0.05) is 15.7 Å². The van der Waals surface area contributed by atoms with Crippen molar-refractivity contribution in [2.75, 3.05) is 6.54 Å². The molecule has 0 atom stereocenters. The summed E-state index contributed by atoms with van der Waals surface area (Å²) in [5.41, 5.74) is 0. The second-order valence-electron chi connectivity index (χ2n) is 3.35. The Bertz CT molecular complexity index is 514. The molecule has 0 saturated carbocycles. The van der Waals surface area contributed by atoms with Crippen LogP contribution in [-0.4, -0.2) is 12.5 Å². The summed E-state index contributed by atoms with van der Waals surface area (Å²) in [7, 11) is 0. The summed E-state index contributed by atoms with van der Waals surface area (Å²) >= 11 is 4.70. The number of carbonyl (C=O) groups is 1. The Balaban J connectivity index is 2.20. The van der Waals surface area contributed by atoms with Crippen LogP contribution in [0.15, 0.2) is 41.4 Å². The van der Waals surface area contributed by atoms with Gasteiger partial charge in [-0.05, 0) is 17.5 Å². The summed E-state index contributed by atoms with van der Waals surface area (Å²) in [5, 5.41) is 3.89. The van der Waals surface area contributed by atoms with Gasteiger partial charge in [-0.25, -0.2) is 0 Å². The summed E-state index contributed by atoms with van der Waals surface area (Å²) < 4.78 is 1.90. The molecule has 1 amide bonds. The highest BCUT2D eigenvalue weighted by Crippen LogP contribution is 2.25. The van der Waals surface area contributed by atoms with Gasteiger partial charge in [0.1, 0.15) is 0 Å². The molecule has 0 radical (unpaired) electrons. The largest absolute Gasteiger partial charge is 0.347 e. The van der Waals surface area contributed by atoms with Gasteiger partial charge in [-0.2, -0.15) is 0 Å². The molecule has 1 heterocycles. The molecule has 0 saturated heterocycles. The maximum Gasteiger partial charge on any atom is 0.261 e. The van der Waals surface area contributed by atoms with Gasteiger partial charge in [-0.3, -0.25) is 4.79 Å². The lowest BCUT2D eigenvalue weighted by Gasteiger charge is -2.00. The number of halogens is 1. The standard InChI is InChI=1S/C12H10BrNOS/c1-8(13)7-14-12(15)11-6-9-4-2-3-5-10(9)16-11/h2-6H,1,7H2,(H,14,15). The third-order valence-electron chi connectivity index (χ3n) is 2.09. The van der Waals surface area contributed by atoms with Crippen molar-refractivity contribution in [1.29, 1.82) is 0 Å². The van der Waals surface area contributed by atoms with E-state index in [0.29, 0.717) is 6.54 Å². The van der Waals surface area contributed by atoms with E-state index in [0.717, 1.165) is 19.4 Å². The Morgan fingerprint density at radius 1 is 1.44 bits per heavy atom. The van der Waals surface area contributed by atoms with Crippen molar-refractivity contribution in [2.45, 2.75) is 0 Å². The predicted molar refractivity (Wildman–Crippen MR) is 72.2 cm³/mol. The molecule has 2 rings (SSSR count). The molecular weight excluding hydrogens is 286 g/mol. The number of rotatable bonds is 3. The van der Waals surface area contributed by atoms with Gasteiger partial charge in [-0.15, -0.1) is 11.3 Å². The molecule has 1 aromatic heterocycles. The van der Waals surface area contributed by atoms with Crippen LogP contribution >= 0.6 is 27.3 Å². The molecule has 0 bridgehead atoms. The minimum absolute atomic E-state index is 0.0539. The molecule has 82 valence electrons. The number of nitrogens with one attached hydrogen (secondary N) is 1. The fraction of sp³-hybridized carbons (Fsp3) is 0.0833. The Morgan fingerprint density at radius 3 is 2.88 bits per heavy atom. The third-order valence-corrected chi connectivity index (χ3v) is 3.49. The van der Waals surface area contributed by atoms with Crippen LogP contribution in [0.2, 0.25) is 0 Å². The number of hydrogen-bond acceptors (Lipinski definition) is 2. The van der Waals surface area contributed by atoms with E-state index in [1.165, 1.54) is 11.3 Å². The Labute approximate surface area is 106 Å². The lowest BCUT2D eigenvalue weighted by atomic mass is 10.2. The highest BCUT2D eigenvalue weighted by Gasteiger charge is 2.09. The second kappa shape index (κ2) is 4.80. The van der Waals surface area contributed by atoms with Gasteiger partial charge in [0.05, 0.1) is 4.88 Å². The predicted octanol–water partition coefficient (Wildman–Crippen LogP) is 3.54. The van der Waals surface area contributed by atoms with Crippen LogP contribution < -0.4 is 5.32 Å². The number of thiophene rings is 1. The molecule has 2 aromatic rings. The number of amides is 1. The molecule has 4 heteroatoms. The van der Waals surface area contributed by atoms with E-state index in [4.69, 9.17) is 0 Å². The third kappa shape index (κ3) is 2.51. The first kappa shape index (κ1) is 11.4. The maximum absolute atomic E-state index is 11.8. The smallest absolute Gasteiger partial charge is 0.261 e. The van der Waals surface area contributed by atoms with Crippen molar-refractivity contribution in [3.63, 3.8) is 0 Å². The lowest BCUT2D eigenvalue weighted by Crippen LogP contribution is -2.23. The fourth-order valence-electron chi connectivity index (χ4n) is 1.36. The summed E-state index contributed by atoms with van der Waals surface area (Å²) in [6, 6.07) is 9.87. The monoisotopic (exact) mass is 295 g/mol. The topological polar surface area (TPSA) is 29.1 Å². The van der Waals surface area contributed by atoms with E-state index >= 15 is 0 Å². The summed E-state index contributed by atoms with van der Waals surface area (Å²) in [5.74, 6) is -0.0539. The SMILES string of the molecule is C=C(Br)CNC(=O)c1cc2ccccc2s1. The van der Waals surface area contributed by atoms with Crippen LogP contribution in [0.4, 0.5) is 0 Å². The highest BCUT2D eigenvalue weighted by molar-refractivity contribution is 9.11. The molecule has 0 aliphatic rings. The van der Waals surface area contributed by atoms with E-state index < -0.39 is 0 Å². The van der Waals surface area contributed by atoms with Crippen molar-refractivity contribution >= 4 is 43.3 Å². The van der Waals surface area contributed by atoms with Gasteiger partial charge in [0.25, 0.3) is 5.91 Å². The average molecular weight is 296 g/mol. The zero-order valence-corrected chi connectivity index (χ0v) is 10.9. The van der Waals surface area contributed by atoms with Crippen molar-refractivity contribution in [3.05, 3.63) is 46.3 Å². The highest BCUT2D eigenvalue weighted by atomic mass is 79.9. The normalized spacial score (nSPS) is 10.3. The molecule has 2 nitrogen and oxygen atoms in total. The molecule has 0 spiro atoms. The zero-order chi connectivity index (χ0) is 11.5. The number of benzene rings is 1. The van der Waals surface area contributed by atoms with Gasteiger partial charge < -0.3 is 5.32 Å². The van der Waals surface area contributed by atoms with Crippen molar-refractivity contribution in [2.24, 2.45) is 0 Å². The van der Waals surface area contributed by atoms with E-state index in [-0.39, 0.29) is 5.91 Å². The second-order valence-corrected chi connectivity index (χ2v) is 5.55. The lowest BCUT2D eigenvalue weighted by molar-refractivity contribution is 0.0962. The number of fused-ring (bicyclic) bond motifs is 1. The molecule has 0 aliphatic carbocycles. The Kier molecular flexibility index (Phi) is 3.41. The van der Waals surface area contributed by atoms with Gasteiger partial charge in [-0.1, -0.05) is 40.7 Å². The van der Waals surface area contributed by atoms with E-state index in [1.54, 1.807) is 0 Å². The summed E-state index contributed by atoms with van der Waals surface area (Å²) in [6.45, 7) is 4.12. The Hall–Kier alpha value is -1.13. The Morgan fingerprint density at radius 2 is 2.19 bits per heavy atom. The van der Waals surface area contributed by atoms with Crippen LogP contribution in [0.25, 0.3) is 10.1 Å². The fourth-order valence-corrected chi connectivity index (χ4v) is 2.48. The zero-order valence-electron chi connectivity index (χ0n) is 8.50. The number of hydrogen-bond donors (Lipinski definition) is 1. The van der Waals surface area contributed by atoms with Crippen LogP contribution in [0.5, 0.6) is 0 Å². The quantitative estimate of drug-likeness (QED) is 0.922. The van der Waals surface area contributed by atoms with Crippen molar-refractivity contribution in [1.82, 2.24) is 5.32 Å². The molecule has 16 heavy (non-hydrogen) atoms. The van der Waals surface area contributed by atoms with Crippen LogP contribution in [0, 0.1) is 0 Å². The van der Waals surface area contributed by atoms with Crippen LogP contribution in [-0.2, 0) is 0 Å². The summed E-state index contributed by atoms with van der Waals surface area (Å²) in [4.78, 5) is 12.5. The molecular formula is C12H10BrNOS. The van der Waals surface area contributed by atoms with Crippen LogP contribution in [0.3, 0.4) is 0 Å². The molecule has 1 aromatic carbocycles.